The molecule has 0 radical (unpaired) electrons. The maximum Gasteiger partial charge on any atom is 0.248 e. The minimum atomic E-state index is 0.407. The third-order valence-electron chi connectivity index (χ3n) is 2.82. The van der Waals surface area contributed by atoms with E-state index < -0.39 is 0 Å². The second kappa shape index (κ2) is 6.12. The molecule has 21 heavy (non-hydrogen) atoms. The van der Waals surface area contributed by atoms with Crippen LogP contribution in [-0.2, 0) is 0 Å². The number of benzene rings is 2. The fourth-order valence-corrected chi connectivity index (χ4v) is 2.20. The van der Waals surface area contributed by atoms with Crippen LogP contribution in [-0.4, -0.2) is 10.2 Å². The van der Waals surface area contributed by atoms with Crippen LogP contribution in [0, 0.1) is 0 Å². The van der Waals surface area contributed by atoms with Crippen LogP contribution in [0.5, 0.6) is 0 Å². The van der Waals surface area contributed by atoms with Crippen molar-refractivity contribution in [3.05, 3.63) is 70.0 Å². The van der Waals surface area contributed by atoms with Crippen LogP contribution in [0.4, 0.5) is 0 Å². The molecular formula is C16H10Cl2N2O. The molecule has 1 aromatic heterocycles. The van der Waals surface area contributed by atoms with Gasteiger partial charge in [-0.1, -0.05) is 47.5 Å². The van der Waals surface area contributed by atoms with Gasteiger partial charge in [-0.3, -0.25) is 0 Å². The lowest BCUT2D eigenvalue weighted by atomic mass is 10.2. The Morgan fingerprint density at radius 2 is 1.76 bits per heavy atom. The molecule has 5 heteroatoms. The van der Waals surface area contributed by atoms with Crippen LogP contribution < -0.4 is 0 Å². The lowest BCUT2D eigenvalue weighted by Crippen LogP contribution is -1.76. The standard InChI is InChI=1S/C16H10Cl2N2O/c17-13-6-3-5-12(10-13)16-20-19-15(21-16)9-8-11-4-1-2-7-14(11)18/h1-10H/b9-8+. The van der Waals surface area contributed by atoms with E-state index in [2.05, 4.69) is 10.2 Å². The topological polar surface area (TPSA) is 38.9 Å². The normalized spacial score (nSPS) is 11.1. The minimum Gasteiger partial charge on any atom is -0.417 e. The second-order valence-corrected chi connectivity index (χ2v) is 5.15. The number of hydrogen-bond acceptors (Lipinski definition) is 3. The van der Waals surface area contributed by atoms with Gasteiger partial charge in [-0.25, -0.2) is 0 Å². The van der Waals surface area contributed by atoms with Gasteiger partial charge in [-0.15, -0.1) is 10.2 Å². The maximum atomic E-state index is 6.08. The Labute approximate surface area is 131 Å². The maximum absolute atomic E-state index is 6.08. The molecule has 0 bridgehead atoms. The van der Waals surface area contributed by atoms with Crippen LogP contribution >= 0.6 is 23.2 Å². The highest BCUT2D eigenvalue weighted by atomic mass is 35.5. The molecule has 0 saturated heterocycles. The van der Waals surface area contributed by atoms with Crippen molar-refractivity contribution < 1.29 is 4.42 Å². The van der Waals surface area contributed by atoms with Crippen LogP contribution in [0.3, 0.4) is 0 Å². The zero-order chi connectivity index (χ0) is 14.7. The summed E-state index contributed by atoms with van der Waals surface area (Å²) in [6.45, 7) is 0. The monoisotopic (exact) mass is 316 g/mol. The Morgan fingerprint density at radius 1 is 0.905 bits per heavy atom. The molecular weight excluding hydrogens is 307 g/mol. The number of aromatic nitrogens is 2. The predicted octanol–water partition coefficient (Wildman–Crippen LogP) is 5.21. The van der Waals surface area contributed by atoms with E-state index in [4.69, 9.17) is 27.6 Å². The summed E-state index contributed by atoms with van der Waals surface area (Å²) in [5, 5.41) is 9.27. The van der Waals surface area contributed by atoms with Gasteiger partial charge in [-0.2, -0.15) is 0 Å². The van der Waals surface area contributed by atoms with Crippen molar-refractivity contribution in [3.8, 4) is 11.5 Å². The molecule has 0 amide bonds. The predicted molar refractivity (Wildman–Crippen MR) is 85.1 cm³/mol. The number of hydrogen-bond donors (Lipinski definition) is 0. The average Bonchev–Trinajstić information content (AvgIpc) is 2.95. The molecule has 0 saturated carbocycles. The quantitative estimate of drug-likeness (QED) is 0.665. The molecule has 0 aliphatic carbocycles. The van der Waals surface area contributed by atoms with Gasteiger partial charge >= 0.3 is 0 Å². The minimum absolute atomic E-state index is 0.407. The Bertz CT molecular complexity index is 796. The van der Waals surface area contributed by atoms with Gasteiger partial charge in [0.15, 0.2) is 0 Å². The third kappa shape index (κ3) is 3.32. The zero-order valence-electron chi connectivity index (χ0n) is 10.8. The number of halogens is 2. The summed E-state index contributed by atoms with van der Waals surface area (Å²) in [5.41, 5.74) is 1.68. The van der Waals surface area contributed by atoms with Gasteiger partial charge in [0.25, 0.3) is 0 Å². The Hall–Kier alpha value is -2.10. The molecule has 3 aromatic rings. The molecule has 0 spiro atoms. The molecule has 3 rings (SSSR count). The molecule has 0 unspecified atom stereocenters. The molecule has 104 valence electrons. The fraction of sp³-hybridized carbons (Fsp3) is 0. The van der Waals surface area contributed by atoms with Crippen LogP contribution in [0.2, 0.25) is 10.0 Å². The summed E-state index contributed by atoms with van der Waals surface area (Å²) in [4.78, 5) is 0. The summed E-state index contributed by atoms with van der Waals surface area (Å²) in [5.74, 6) is 0.834. The van der Waals surface area contributed by atoms with E-state index in [0.717, 1.165) is 11.1 Å². The van der Waals surface area contributed by atoms with E-state index in [1.807, 2.05) is 42.5 Å². The molecule has 2 aromatic carbocycles. The van der Waals surface area contributed by atoms with Gasteiger partial charge in [0.1, 0.15) is 0 Å². The summed E-state index contributed by atoms with van der Waals surface area (Å²) >= 11 is 12.0. The van der Waals surface area contributed by atoms with Crippen molar-refractivity contribution in [3.63, 3.8) is 0 Å². The van der Waals surface area contributed by atoms with Gasteiger partial charge in [0.2, 0.25) is 11.8 Å². The zero-order valence-corrected chi connectivity index (χ0v) is 12.3. The fourth-order valence-electron chi connectivity index (χ4n) is 1.81. The lowest BCUT2D eigenvalue weighted by Gasteiger charge is -1.95. The van der Waals surface area contributed by atoms with Gasteiger partial charge in [0, 0.05) is 21.7 Å². The first-order chi connectivity index (χ1) is 10.2. The first-order valence-corrected chi connectivity index (χ1v) is 7.00. The molecule has 0 aliphatic heterocycles. The first kappa shape index (κ1) is 13.9. The Kier molecular flexibility index (Phi) is 4.04. The van der Waals surface area contributed by atoms with Gasteiger partial charge in [0.05, 0.1) is 0 Å². The van der Waals surface area contributed by atoms with Crippen molar-refractivity contribution in [2.24, 2.45) is 0 Å². The van der Waals surface area contributed by atoms with Crippen molar-refractivity contribution in [1.29, 1.82) is 0 Å². The van der Waals surface area contributed by atoms with Crippen molar-refractivity contribution in [2.45, 2.75) is 0 Å². The molecule has 0 N–H and O–H groups in total. The summed E-state index contributed by atoms with van der Waals surface area (Å²) in [6, 6.07) is 14.8. The number of nitrogens with zero attached hydrogens (tertiary/aromatic N) is 2. The molecule has 0 atom stereocenters. The third-order valence-corrected chi connectivity index (χ3v) is 3.40. The van der Waals surface area contributed by atoms with Crippen molar-refractivity contribution in [2.75, 3.05) is 0 Å². The van der Waals surface area contributed by atoms with E-state index in [9.17, 15) is 0 Å². The van der Waals surface area contributed by atoms with Crippen LogP contribution in [0.15, 0.2) is 52.9 Å². The Balaban J connectivity index is 1.84. The van der Waals surface area contributed by atoms with Gasteiger partial charge < -0.3 is 4.42 Å². The summed E-state index contributed by atoms with van der Waals surface area (Å²) in [7, 11) is 0. The highest BCUT2D eigenvalue weighted by Gasteiger charge is 2.07. The van der Waals surface area contributed by atoms with E-state index in [0.29, 0.717) is 21.8 Å². The molecule has 1 heterocycles. The van der Waals surface area contributed by atoms with E-state index >= 15 is 0 Å². The van der Waals surface area contributed by atoms with Gasteiger partial charge in [-0.05, 0) is 35.9 Å². The first-order valence-electron chi connectivity index (χ1n) is 6.24. The van der Waals surface area contributed by atoms with Crippen LogP contribution in [0.1, 0.15) is 11.5 Å². The smallest absolute Gasteiger partial charge is 0.248 e. The van der Waals surface area contributed by atoms with Crippen LogP contribution in [0.25, 0.3) is 23.6 Å². The molecule has 0 aliphatic rings. The van der Waals surface area contributed by atoms with E-state index in [1.165, 1.54) is 0 Å². The van der Waals surface area contributed by atoms with Crippen molar-refractivity contribution in [1.82, 2.24) is 10.2 Å². The lowest BCUT2D eigenvalue weighted by molar-refractivity contribution is 0.558. The van der Waals surface area contributed by atoms with Crippen molar-refractivity contribution >= 4 is 35.4 Å². The second-order valence-electron chi connectivity index (χ2n) is 4.31. The molecule has 3 nitrogen and oxygen atoms in total. The largest absolute Gasteiger partial charge is 0.417 e. The summed E-state index contributed by atoms with van der Waals surface area (Å²) in [6.07, 6.45) is 3.56. The summed E-state index contributed by atoms with van der Waals surface area (Å²) < 4.78 is 5.58. The van der Waals surface area contributed by atoms with E-state index in [-0.39, 0.29) is 0 Å². The highest BCUT2D eigenvalue weighted by Crippen LogP contribution is 2.22. The highest BCUT2D eigenvalue weighted by molar-refractivity contribution is 6.32. The Morgan fingerprint density at radius 3 is 2.57 bits per heavy atom. The number of rotatable bonds is 3. The molecule has 0 fully saturated rings. The van der Waals surface area contributed by atoms with E-state index in [1.54, 1.807) is 18.2 Å². The SMILES string of the molecule is Clc1cccc(-c2nnc(/C=C/c3ccccc3Cl)o2)c1. The average molecular weight is 317 g/mol.